The molecule has 0 bridgehead atoms. The van der Waals surface area contributed by atoms with E-state index in [-0.39, 0.29) is 17.4 Å². The lowest BCUT2D eigenvalue weighted by molar-refractivity contribution is 0.0709. The number of carbonyl (C=O) groups excluding carboxylic acids is 1. The molecule has 1 aromatic heterocycles. The van der Waals surface area contributed by atoms with Crippen molar-refractivity contribution >= 4 is 6.09 Å². The molecule has 0 radical (unpaired) electrons. The first-order chi connectivity index (χ1) is 15.4. The van der Waals surface area contributed by atoms with Crippen molar-refractivity contribution in [1.82, 2.24) is 14.4 Å². The zero-order valence-corrected chi connectivity index (χ0v) is 19.3. The van der Waals surface area contributed by atoms with Crippen molar-refractivity contribution in [2.24, 2.45) is 0 Å². The fourth-order valence-corrected chi connectivity index (χ4v) is 4.17. The summed E-state index contributed by atoms with van der Waals surface area (Å²) in [5, 5.41) is 10.9. The molecule has 0 saturated carbocycles. The molecule has 2 heterocycles. The second-order valence-electron chi connectivity index (χ2n) is 8.07. The van der Waals surface area contributed by atoms with E-state index < -0.39 is 6.04 Å². The van der Waals surface area contributed by atoms with E-state index in [2.05, 4.69) is 4.90 Å². The van der Waals surface area contributed by atoms with Crippen molar-refractivity contribution in [1.29, 1.82) is 0 Å². The van der Waals surface area contributed by atoms with Crippen LogP contribution in [0.2, 0.25) is 0 Å². The molecule has 0 aliphatic carbocycles. The smallest absolute Gasteiger partial charge is 0.409 e. The number of nitrogens with zero attached hydrogens (tertiary/aromatic N) is 3. The summed E-state index contributed by atoms with van der Waals surface area (Å²) in [4.78, 5) is 29.5. The van der Waals surface area contributed by atoms with Gasteiger partial charge in [-0.2, -0.15) is 0 Å². The first-order valence-corrected chi connectivity index (χ1v) is 11.0. The summed E-state index contributed by atoms with van der Waals surface area (Å²) < 4.78 is 11.9. The zero-order valence-electron chi connectivity index (χ0n) is 19.3. The third-order valence-electron chi connectivity index (χ3n) is 5.91. The Labute approximate surface area is 189 Å². The zero-order chi connectivity index (χ0) is 23.3. The van der Waals surface area contributed by atoms with Crippen LogP contribution in [0, 0.1) is 13.8 Å². The van der Waals surface area contributed by atoms with E-state index in [0.717, 1.165) is 11.1 Å². The summed E-state index contributed by atoms with van der Waals surface area (Å²) in [7, 11) is 1.60. The van der Waals surface area contributed by atoms with Gasteiger partial charge in [-0.3, -0.25) is 9.69 Å². The Bertz CT molecular complexity index is 978. The Morgan fingerprint density at radius 2 is 1.78 bits per heavy atom. The maximum atomic E-state index is 13.5. The van der Waals surface area contributed by atoms with Gasteiger partial charge in [-0.15, -0.1) is 0 Å². The molecule has 8 nitrogen and oxygen atoms in total. The number of hydrogen-bond donors (Lipinski definition) is 1. The van der Waals surface area contributed by atoms with Gasteiger partial charge < -0.3 is 24.0 Å². The Balaban J connectivity index is 2.01. The fraction of sp³-hybridized carbons (Fsp3) is 0.500. The largest absolute Gasteiger partial charge is 0.507 e. The first kappa shape index (κ1) is 23.8. The Hall–Kier alpha value is -2.84. The lowest BCUT2D eigenvalue weighted by atomic mass is 9.95. The van der Waals surface area contributed by atoms with Gasteiger partial charge in [0.1, 0.15) is 5.75 Å². The van der Waals surface area contributed by atoms with E-state index in [1.165, 1.54) is 0 Å². The molecular weight excluding hydrogens is 410 g/mol. The van der Waals surface area contributed by atoms with Gasteiger partial charge >= 0.3 is 6.09 Å². The molecule has 1 N–H and O–H groups in total. The first-order valence-electron chi connectivity index (χ1n) is 11.0. The molecule has 1 aromatic carbocycles. The number of benzene rings is 1. The lowest BCUT2D eigenvalue weighted by Gasteiger charge is -2.39. The van der Waals surface area contributed by atoms with Gasteiger partial charge in [-0.25, -0.2) is 4.79 Å². The predicted octanol–water partition coefficient (Wildman–Crippen LogP) is 2.68. The van der Waals surface area contributed by atoms with E-state index >= 15 is 0 Å². The minimum absolute atomic E-state index is 0.0143. The van der Waals surface area contributed by atoms with Crippen molar-refractivity contribution in [2.45, 2.75) is 33.4 Å². The normalized spacial score (nSPS) is 15.6. The van der Waals surface area contributed by atoms with Crippen LogP contribution in [0.4, 0.5) is 4.79 Å². The third-order valence-corrected chi connectivity index (χ3v) is 5.91. The van der Waals surface area contributed by atoms with E-state index in [1.54, 1.807) is 36.5 Å². The molecule has 0 unspecified atom stereocenters. The number of amides is 1. The number of rotatable bonds is 7. The topological polar surface area (TPSA) is 84.2 Å². The summed E-state index contributed by atoms with van der Waals surface area (Å²) >= 11 is 0. The van der Waals surface area contributed by atoms with E-state index in [4.69, 9.17) is 9.47 Å². The maximum Gasteiger partial charge on any atom is 0.409 e. The van der Waals surface area contributed by atoms with Crippen LogP contribution < -0.4 is 5.56 Å². The number of aromatic hydroxyl groups is 1. The molecule has 1 atom stereocenters. The Morgan fingerprint density at radius 1 is 1.12 bits per heavy atom. The van der Waals surface area contributed by atoms with Gasteiger partial charge in [0, 0.05) is 45.5 Å². The predicted molar refractivity (Wildman–Crippen MR) is 122 cm³/mol. The minimum Gasteiger partial charge on any atom is -0.507 e. The minimum atomic E-state index is -0.429. The quantitative estimate of drug-likeness (QED) is 0.708. The van der Waals surface area contributed by atoms with Gasteiger partial charge in [0.2, 0.25) is 0 Å². The number of hydrogen-bond acceptors (Lipinski definition) is 6. The molecule has 1 saturated heterocycles. The van der Waals surface area contributed by atoms with Crippen molar-refractivity contribution in [3.63, 3.8) is 0 Å². The van der Waals surface area contributed by atoms with Crippen molar-refractivity contribution in [3.8, 4) is 5.75 Å². The van der Waals surface area contributed by atoms with Crippen LogP contribution in [-0.2, 0) is 16.0 Å². The molecule has 1 aliphatic rings. The standard InChI is InChI=1S/C24H33N3O5/c1-5-32-24(30)26-12-10-25(11-13-26)22(19-8-6-17(2)7-9-19)21-20(28)16-18(3)27(23(21)29)14-15-31-4/h6-9,16,22,28H,5,10-15H2,1-4H3/t22-/m0/s1. The lowest BCUT2D eigenvalue weighted by Crippen LogP contribution is -2.50. The summed E-state index contributed by atoms with van der Waals surface area (Å²) in [5.74, 6) is -0.0143. The third kappa shape index (κ3) is 5.14. The summed E-state index contributed by atoms with van der Waals surface area (Å²) in [6.45, 7) is 8.85. The second kappa shape index (κ2) is 10.7. The molecule has 3 rings (SSSR count). The number of ether oxygens (including phenoxy) is 2. The highest BCUT2D eigenvalue weighted by Crippen LogP contribution is 2.33. The van der Waals surface area contributed by atoms with Crippen molar-refractivity contribution in [2.75, 3.05) is 46.5 Å². The molecule has 8 heteroatoms. The van der Waals surface area contributed by atoms with E-state index in [1.807, 2.05) is 31.2 Å². The highest BCUT2D eigenvalue weighted by Gasteiger charge is 2.32. The Morgan fingerprint density at radius 3 is 2.38 bits per heavy atom. The average Bonchev–Trinajstić information content (AvgIpc) is 2.77. The summed E-state index contributed by atoms with van der Waals surface area (Å²) in [5.41, 5.74) is 2.85. The van der Waals surface area contributed by atoms with Gasteiger partial charge in [-0.05, 0) is 32.4 Å². The maximum absolute atomic E-state index is 13.5. The number of piperazine rings is 1. The molecule has 174 valence electrons. The van der Waals surface area contributed by atoms with E-state index in [0.29, 0.717) is 57.2 Å². The van der Waals surface area contributed by atoms with Crippen molar-refractivity contribution < 1.29 is 19.4 Å². The molecule has 2 aromatic rings. The monoisotopic (exact) mass is 443 g/mol. The molecular formula is C24H33N3O5. The SMILES string of the molecule is CCOC(=O)N1CCN([C@@H](c2ccc(C)cc2)c2c(O)cc(C)n(CCOC)c2=O)CC1. The number of aryl methyl sites for hydroxylation is 2. The van der Waals surface area contributed by atoms with Gasteiger partial charge in [-0.1, -0.05) is 29.8 Å². The molecule has 1 aliphatic heterocycles. The fourth-order valence-electron chi connectivity index (χ4n) is 4.17. The van der Waals surface area contributed by atoms with Crippen LogP contribution in [0.15, 0.2) is 35.1 Å². The molecule has 0 spiro atoms. The number of carbonyl (C=O) groups is 1. The van der Waals surface area contributed by atoms with Crippen molar-refractivity contribution in [3.05, 3.63) is 63.1 Å². The van der Waals surface area contributed by atoms with Gasteiger partial charge in [0.15, 0.2) is 0 Å². The molecule has 32 heavy (non-hydrogen) atoms. The van der Waals surface area contributed by atoms with Crippen LogP contribution in [0.1, 0.15) is 35.3 Å². The van der Waals surface area contributed by atoms with Gasteiger partial charge in [0.05, 0.1) is 24.8 Å². The Kier molecular flexibility index (Phi) is 7.93. The number of pyridine rings is 1. The van der Waals surface area contributed by atoms with Crippen LogP contribution in [0.25, 0.3) is 0 Å². The van der Waals surface area contributed by atoms with Gasteiger partial charge in [0.25, 0.3) is 5.56 Å². The molecule has 1 amide bonds. The van der Waals surface area contributed by atoms with Crippen LogP contribution in [0.5, 0.6) is 5.75 Å². The molecule has 1 fully saturated rings. The highest BCUT2D eigenvalue weighted by molar-refractivity contribution is 5.67. The van der Waals surface area contributed by atoms with Crippen LogP contribution in [-0.4, -0.2) is 72.1 Å². The number of aromatic nitrogens is 1. The summed E-state index contributed by atoms with van der Waals surface area (Å²) in [6, 6.07) is 9.22. The van der Waals surface area contributed by atoms with Crippen LogP contribution >= 0.6 is 0 Å². The summed E-state index contributed by atoms with van der Waals surface area (Å²) in [6.07, 6.45) is -0.320. The number of methoxy groups -OCH3 is 1. The highest BCUT2D eigenvalue weighted by atomic mass is 16.6. The average molecular weight is 444 g/mol. The van der Waals surface area contributed by atoms with Crippen LogP contribution in [0.3, 0.4) is 0 Å². The second-order valence-corrected chi connectivity index (χ2v) is 8.07. The van der Waals surface area contributed by atoms with E-state index in [9.17, 15) is 14.7 Å².